The second kappa shape index (κ2) is 5.48. The molecule has 2 rings (SSSR count). The normalized spacial score (nSPS) is 13.1. The maximum absolute atomic E-state index is 13.1. The van der Waals surface area contributed by atoms with Gasteiger partial charge in [0.25, 0.3) is 0 Å². The number of rotatable bonds is 4. The van der Waals surface area contributed by atoms with Gasteiger partial charge >= 0.3 is 6.18 Å². The fourth-order valence-electron chi connectivity index (χ4n) is 1.78. The Balaban J connectivity index is 2.24. The number of nitrogens with one attached hydrogen (secondary N) is 1. The highest BCUT2D eigenvalue weighted by Gasteiger charge is 2.43. The summed E-state index contributed by atoms with van der Waals surface area (Å²) in [6.07, 6.45) is -4.45. The minimum Gasteiger partial charge on any atom is -0.497 e. The van der Waals surface area contributed by atoms with Crippen molar-refractivity contribution in [1.82, 2.24) is 0 Å². The van der Waals surface area contributed by atoms with E-state index in [0.717, 1.165) is 0 Å². The second-order valence-corrected chi connectivity index (χ2v) is 4.30. The number of furan rings is 1. The van der Waals surface area contributed by atoms with Gasteiger partial charge in [-0.3, -0.25) is 0 Å². The zero-order valence-corrected chi connectivity index (χ0v) is 11.0. The number of anilines is 1. The second-order valence-electron chi connectivity index (χ2n) is 4.30. The van der Waals surface area contributed by atoms with Gasteiger partial charge in [0.2, 0.25) is 0 Å². The molecule has 0 aliphatic rings. The van der Waals surface area contributed by atoms with Crippen LogP contribution in [0, 0.1) is 6.92 Å². The zero-order chi connectivity index (χ0) is 14.8. The van der Waals surface area contributed by atoms with Crippen LogP contribution in [-0.2, 0) is 0 Å². The van der Waals surface area contributed by atoms with E-state index in [2.05, 4.69) is 5.32 Å². The number of methoxy groups -OCH3 is 1. The molecule has 1 aromatic carbocycles. The monoisotopic (exact) mass is 285 g/mol. The summed E-state index contributed by atoms with van der Waals surface area (Å²) in [6, 6.07) is 7.16. The van der Waals surface area contributed by atoms with Gasteiger partial charge in [-0.2, -0.15) is 13.2 Å². The minimum absolute atomic E-state index is 0.161. The molecule has 0 unspecified atom stereocenters. The third-order valence-corrected chi connectivity index (χ3v) is 2.77. The van der Waals surface area contributed by atoms with E-state index in [4.69, 9.17) is 9.15 Å². The van der Waals surface area contributed by atoms with Crippen molar-refractivity contribution in [2.24, 2.45) is 0 Å². The number of hydrogen-bond donors (Lipinski definition) is 1. The predicted octanol–water partition coefficient (Wildman–Crippen LogP) is 4.31. The molecule has 0 amide bonds. The first-order valence-corrected chi connectivity index (χ1v) is 5.94. The van der Waals surface area contributed by atoms with E-state index in [0.29, 0.717) is 17.2 Å². The van der Waals surface area contributed by atoms with Gasteiger partial charge in [0.1, 0.15) is 17.3 Å². The van der Waals surface area contributed by atoms with Crippen molar-refractivity contribution in [3.8, 4) is 5.75 Å². The third-order valence-electron chi connectivity index (χ3n) is 2.77. The molecule has 1 atom stereocenters. The summed E-state index contributed by atoms with van der Waals surface area (Å²) in [5.74, 6) is 0.851. The summed E-state index contributed by atoms with van der Waals surface area (Å²) in [5.41, 5.74) is 0.335. The van der Waals surface area contributed by atoms with Crippen LogP contribution in [0.5, 0.6) is 5.75 Å². The van der Waals surface area contributed by atoms with Crippen molar-refractivity contribution in [1.29, 1.82) is 0 Å². The molecule has 1 heterocycles. The summed E-state index contributed by atoms with van der Waals surface area (Å²) >= 11 is 0. The Kier molecular flexibility index (Phi) is 3.92. The SMILES string of the molecule is COc1ccc(N[C@H](c2ccc(C)o2)C(F)(F)F)cc1. The lowest BCUT2D eigenvalue weighted by atomic mass is 10.2. The standard InChI is InChI=1S/C14H14F3NO2/c1-9-3-8-12(20-9)13(14(15,16)17)18-10-4-6-11(19-2)7-5-10/h3-8,13,18H,1-2H3/t13-/m1/s1. The molecule has 2 aromatic rings. The first kappa shape index (κ1) is 14.3. The molecule has 20 heavy (non-hydrogen) atoms. The van der Waals surface area contributed by atoms with Gasteiger partial charge in [-0.25, -0.2) is 0 Å². The smallest absolute Gasteiger partial charge is 0.415 e. The molecule has 1 aromatic heterocycles. The topological polar surface area (TPSA) is 34.4 Å². The Hall–Kier alpha value is -2.11. The first-order chi connectivity index (χ1) is 9.40. The van der Waals surface area contributed by atoms with E-state index in [-0.39, 0.29) is 5.76 Å². The lowest BCUT2D eigenvalue weighted by molar-refractivity contribution is -0.147. The highest BCUT2D eigenvalue weighted by atomic mass is 19.4. The Morgan fingerprint density at radius 2 is 1.75 bits per heavy atom. The molecular weight excluding hydrogens is 271 g/mol. The van der Waals surface area contributed by atoms with E-state index >= 15 is 0 Å². The number of benzene rings is 1. The van der Waals surface area contributed by atoms with E-state index in [1.165, 1.54) is 31.4 Å². The molecule has 0 bridgehead atoms. The molecule has 0 saturated heterocycles. The third kappa shape index (κ3) is 3.26. The van der Waals surface area contributed by atoms with Crippen LogP contribution in [0.2, 0.25) is 0 Å². The molecule has 0 radical (unpaired) electrons. The minimum atomic E-state index is -4.45. The molecule has 6 heteroatoms. The van der Waals surface area contributed by atoms with Crippen LogP contribution in [0.15, 0.2) is 40.8 Å². The molecule has 3 nitrogen and oxygen atoms in total. The Bertz CT molecular complexity index is 561. The quantitative estimate of drug-likeness (QED) is 0.908. The maximum atomic E-state index is 13.1. The number of alkyl halides is 3. The Morgan fingerprint density at radius 1 is 1.10 bits per heavy atom. The molecular formula is C14H14F3NO2. The summed E-state index contributed by atoms with van der Waals surface area (Å²) in [4.78, 5) is 0. The van der Waals surface area contributed by atoms with E-state index in [1.54, 1.807) is 19.1 Å². The van der Waals surface area contributed by atoms with Crippen LogP contribution in [0.1, 0.15) is 17.6 Å². The van der Waals surface area contributed by atoms with Crippen LogP contribution in [0.3, 0.4) is 0 Å². The molecule has 0 fully saturated rings. The summed E-state index contributed by atoms with van der Waals surface area (Å²) < 4.78 is 49.3. The van der Waals surface area contributed by atoms with Crippen LogP contribution < -0.4 is 10.1 Å². The van der Waals surface area contributed by atoms with Gasteiger partial charge < -0.3 is 14.5 Å². The molecule has 0 saturated carbocycles. The average molecular weight is 285 g/mol. The van der Waals surface area contributed by atoms with Crippen molar-refractivity contribution < 1.29 is 22.3 Å². The van der Waals surface area contributed by atoms with Gasteiger partial charge in [-0.15, -0.1) is 0 Å². The van der Waals surface area contributed by atoms with Crippen LogP contribution >= 0.6 is 0 Å². The number of aryl methyl sites for hydroxylation is 1. The molecule has 0 spiro atoms. The van der Waals surface area contributed by atoms with Crippen molar-refractivity contribution in [2.45, 2.75) is 19.1 Å². The van der Waals surface area contributed by atoms with Gasteiger partial charge in [0.05, 0.1) is 7.11 Å². The Labute approximate surface area is 114 Å². The summed E-state index contributed by atoms with van der Waals surface area (Å²) in [5, 5.41) is 2.43. The lowest BCUT2D eigenvalue weighted by Crippen LogP contribution is -2.27. The zero-order valence-electron chi connectivity index (χ0n) is 11.0. The van der Waals surface area contributed by atoms with E-state index < -0.39 is 12.2 Å². The molecule has 0 aliphatic heterocycles. The summed E-state index contributed by atoms with van der Waals surface area (Å²) in [7, 11) is 1.49. The summed E-state index contributed by atoms with van der Waals surface area (Å²) in [6.45, 7) is 1.60. The van der Waals surface area contributed by atoms with Crippen molar-refractivity contribution in [3.05, 3.63) is 47.9 Å². The number of hydrogen-bond acceptors (Lipinski definition) is 3. The molecule has 1 N–H and O–H groups in total. The van der Waals surface area contributed by atoms with Crippen molar-refractivity contribution in [3.63, 3.8) is 0 Å². The lowest BCUT2D eigenvalue weighted by Gasteiger charge is -2.21. The van der Waals surface area contributed by atoms with Crippen LogP contribution in [-0.4, -0.2) is 13.3 Å². The fourth-order valence-corrected chi connectivity index (χ4v) is 1.78. The van der Waals surface area contributed by atoms with Crippen molar-refractivity contribution in [2.75, 3.05) is 12.4 Å². The van der Waals surface area contributed by atoms with Crippen molar-refractivity contribution >= 4 is 5.69 Å². The van der Waals surface area contributed by atoms with Crippen LogP contribution in [0.4, 0.5) is 18.9 Å². The largest absolute Gasteiger partial charge is 0.497 e. The average Bonchev–Trinajstić information content (AvgIpc) is 2.81. The molecule has 108 valence electrons. The number of ether oxygens (including phenoxy) is 1. The highest BCUT2D eigenvalue weighted by Crippen LogP contribution is 2.36. The predicted molar refractivity (Wildman–Crippen MR) is 68.9 cm³/mol. The van der Waals surface area contributed by atoms with Gasteiger partial charge in [0.15, 0.2) is 6.04 Å². The van der Waals surface area contributed by atoms with E-state index in [1.807, 2.05) is 0 Å². The van der Waals surface area contributed by atoms with Gasteiger partial charge in [-0.1, -0.05) is 0 Å². The Morgan fingerprint density at radius 3 is 2.20 bits per heavy atom. The van der Waals surface area contributed by atoms with Gasteiger partial charge in [0, 0.05) is 5.69 Å². The molecule has 0 aliphatic carbocycles. The van der Waals surface area contributed by atoms with Crippen LogP contribution in [0.25, 0.3) is 0 Å². The van der Waals surface area contributed by atoms with Gasteiger partial charge in [-0.05, 0) is 43.3 Å². The number of halogens is 3. The fraction of sp³-hybridized carbons (Fsp3) is 0.286. The first-order valence-electron chi connectivity index (χ1n) is 5.94. The van der Waals surface area contributed by atoms with E-state index in [9.17, 15) is 13.2 Å². The highest BCUT2D eigenvalue weighted by molar-refractivity contribution is 5.48. The maximum Gasteiger partial charge on any atom is 0.415 e.